The Kier molecular flexibility index (Phi) is 6.72. The van der Waals surface area contributed by atoms with Gasteiger partial charge in [-0.15, -0.1) is 0 Å². The van der Waals surface area contributed by atoms with Gasteiger partial charge in [0.2, 0.25) is 11.8 Å². The van der Waals surface area contributed by atoms with Crippen LogP contribution in [0.2, 0.25) is 0 Å². The van der Waals surface area contributed by atoms with Crippen molar-refractivity contribution < 1.29 is 9.59 Å². The summed E-state index contributed by atoms with van der Waals surface area (Å²) in [7, 11) is 3.89. The van der Waals surface area contributed by atoms with Crippen LogP contribution in [0, 0.1) is 0 Å². The summed E-state index contributed by atoms with van der Waals surface area (Å²) in [6, 6.07) is 0.279. The third-order valence-electron chi connectivity index (χ3n) is 3.17. The van der Waals surface area contributed by atoms with Crippen LogP contribution in [0.25, 0.3) is 0 Å². The van der Waals surface area contributed by atoms with Crippen LogP contribution in [-0.2, 0) is 9.59 Å². The lowest BCUT2D eigenvalue weighted by atomic mass is 9.95. The molecule has 1 fully saturated rings. The predicted molar refractivity (Wildman–Crippen MR) is 71.2 cm³/mol. The van der Waals surface area contributed by atoms with Gasteiger partial charge in [-0.2, -0.15) is 0 Å². The number of nitrogens with one attached hydrogen (secondary N) is 2. The smallest absolute Gasteiger partial charge is 0.229 e. The van der Waals surface area contributed by atoms with Crippen molar-refractivity contribution in [2.24, 2.45) is 0 Å². The Bertz CT molecular complexity index is 273. The summed E-state index contributed by atoms with van der Waals surface area (Å²) in [6.45, 7) is 1.37. The van der Waals surface area contributed by atoms with E-state index in [1.165, 1.54) is 19.3 Å². The van der Waals surface area contributed by atoms with E-state index in [4.69, 9.17) is 0 Å². The SMILES string of the molecule is CN(C)CCNC(=O)CC(=O)NC1CCCCC1. The van der Waals surface area contributed by atoms with E-state index in [-0.39, 0.29) is 24.3 Å². The van der Waals surface area contributed by atoms with Crippen LogP contribution in [0.5, 0.6) is 0 Å². The fourth-order valence-electron chi connectivity index (χ4n) is 2.15. The second-order valence-corrected chi connectivity index (χ2v) is 5.23. The zero-order chi connectivity index (χ0) is 13.4. The number of rotatable bonds is 6. The standard InChI is InChI=1S/C13H25N3O2/c1-16(2)9-8-14-12(17)10-13(18)15-11-6-4-3-5-7-11/h11H,3-10H2,1-2H3,(H,14,17)(H,15,18). The molecule has 2 N–H and O–H groups in total. The van der Waals surface area contributed by atoms with E-state index in [0.717, 1.165) is 19.4 Å². The molecule has 2 amide bonds. The minimum atomic E-state index is -0.190. The molecule has 1 aliphatic rings. The summed E-state index contributed by atoms with van der Waals surface area (Å²) < 4.78 is 0. The first-order chi connectivity index (χ1) is 8.58. The first kappa shape index (κ1) is 15.0. The van der Waals surface area contributed by atoms with Crippen LogP contribution in [-0.4, -0.2) is 49.9 Å². The van der Waals surface area contributed by atoms with E-state index in [1.807, 2.05) is 19.0 Å². The van der Waals surface area contributed by atoms with E-state index in [0.29, 0.717) is 6.54 Å². The van der Waals surface area contributed by atoms with Gasteiger partial charge in [0.15, 0.2) is 0 Å². The van der Waals surface area contributed by atoms with E-state index in [1.54, 1.807) is 0 Å². The molecule has 104 valence electrons. The molecule has 1 rings (SSSR count). The van der Waals surface area contributed by atoms with Crippen molar-refractivity contribution in [2.45, 2.75) is 44.6 Å². The molecule has 0 aromatic rings. The zero-order valence-electron chi connectivity index (χ0n) is 11.5. The van der Waals surface area contributed by atoms with Crippen LogP contribution in [0.3, 0.4) is 0 Å². The van der Waals surface area contributed by atoms with Crippen molar-refractivity contribution in [3.63, 3.8) is 0 Å². The predicted octanol–water partition coefficient (Wildman–Crippen LogP) is 0.503. The molecule has 5 heteroatoms. The Morgan fingerprint density at radius 2 is 1.78 bits per heavy atom. The minimum Gasteiger partial charge on any atom is -0.354 e. The maximum Gasteiger partial charge on any atom is 0.229 e. The summed E-state index contributed by atoms with van der Waals surface area (Å²) in [4.78, 5) is 25.1. The van der Waals surface area contributed by atoms with Crippen LogP contribution in [0.15, 0.2) is 0 Å². The van der Waals surface area contributed by atoms with Crippen LogP contribution in [0.4, 0.5) is 0 Å². The average Bonchev–Trinajstić information content (AvgIpc) is 2.29. The number of nitrogens with zero attached hydrogens (tertiary/aromatic N) is 1. The third kappa shape index (κ3) is 6.59. The minimum absolute atomic E-state index is 0.0517. The number of carbonyl (C=O) groups is 2. The Morgan fingerprint density at radius 3 is 2.39 bits per heavy atom. The Hall–Kier alpha value is -1.10. The second-order valence-electron chi connectivity index (χ2n) is 5.23. The van der Waals surface area contributed by atoms with E-state index < -0.39 is 0 Å². The van der Waals surface area contributed by atoms with E-state index in [9.17, 15) is 9.59 Å². The molecule has 0 saturated heterocycles. The number of hydrogen-bond acceptors (Lipinski definition) is 3. The van der Waals surface area contributed by atoms with Gasteiger partial charge in [-0.3, -0.25) is 9.59 Å². The first-order valence-corrected chi connectivity index (χ1v) is 6.78. The molecule has 18 heavy (non-hydrogen) atoms. The Morgan fingerprint density at radius 1 is 1.11 bits per heavy atom. The van der Waals surface area contributed by atoms with Crippen LogP contribution < -0.4 is 10.6 Å². The van der Waals surface area contributed by atoms with Gasteiger partial charge in [-0.1, -0.05) is 19.3 Å². The van der Waals surface area contributed by atoms with Crippen LogP contribution >= 0.6 is 0 Å². The summed E-state index contributed by atoms with van der Waals surface area (Å²) in [6.07, 6.45) is 5.67. The molecule has 1 saturated carbocycles. The van der Waals surface area contributed by atoms with Gasteiger partial charge in [0, 0.05) is 19.1 Å². The number of carbonyl (C=O) groups excluding carboxylic acids is 2. The molecule has 0 aromatic carbocycles. The topological polar surface area (TPSA) is 61.4 Å². The fraction of sp³-hybridized carbons (Fsp3) is 0.846. The molecule has 0 heterocycles. The molecule has 0 aliphatic heterocycles. The van der Waals surface area contributed by atoms with Gasteiger partial charge < -0.3 is 15.5 Å². The quantitative estimate of drug-likeness (QED) is 0.680. The van der Waals surface area contributed by atoms with Crippen molar-refractivity contribution in [1.29, 1.82) is 0 Å². The van der Waals surface area contributed by atoms with Gasteiger partial charge in [-0.05, 0) is 26.9 Å². The molecule has 0 unspecified atom stereocenters. The maximum absolute atomic E-state index is 11.6. The van der Waals surface area contributed by atoms with Gasteiger partial charge >= 0.3 is 0 Å². The van der Waals surface area contributed by atoms with Crippen molar-refractivity contribution in [3.8, 4) is 0 Å². The van der Waals surface area contributed by atoms with Crippen molar-refractivity contribution in [2.75, 3.05) is 27.2 Å². The lowest BCUT2D eigenvalue weighted by Gasteiger charge is -2.22. The highest BCUT2D eigenvalue weighted by molar-refractivity contribution is 5.96. The summed E-state index contributed by atoms with van der Waals surface area (Å²) >= 11 is 0. The average molecular weight is 255 g/mol. The monoisotopic (exact) mass is 255 g/mol. The molecule has 0 atom stereocenters. The summed E-state index contributed by atoms with van der Waals surface area (Å²) in [5.41, 5.74) is 0. The van der Waals surface area contributed by atoms with Crippen LogP contribution in [0.1, 0.15) is 38.5 Å². The highest BCUT2D eigenvalue weighted by atomic mass is 16.2. The molecule has 5 nitrogen and oxygen atoms in total. The zero-order valence-corrected chi connectivity index (χ0v) is 11.5. The summed E-state index contributed by atoms with van der Waals surface area (Å²) in [5, 5.41) is 5.68. The van der Waals surface area contributed by atoms with Crippen molar-refractivity contribution >= 4 is 11.8 Å². The normalized spacial score (nSPS) is 16.6. The molecule has 1 aliphatic carbocycles. The fourth-order valence-corrected chi connectivity index (χ4v) is 2.15. The van der Waals surface area contributed by atoms with Crippen molar-refractivity contribution in [1.82, 2.24) is 15.5 Å². The number of amides is 2. The van der Waals surface area contributed by atoms with Gasteiger partial charge in [0.1, 0.15) is 6.42 Å². The second kappa shape index (κ2) is 8.08. The third-order valence-corrected chi connectivity index (χ3v) is 3.17. The highest BCUT2D eigenvalue weighted by Gasteiger charge is 2.17. The highest BCUT2D eigenvalue weighted by Crippen LogP contribution is 2.17. The van der Waals surface area contributed by atoms with E-state index in [2.05, 4.69) is 10.6 Å². The Labute approximate surface area is 109 Å². The molecule has 0 spiro atoms. The number of likely N-dealkylation sites (N-methyl/N-ethyl adjacent to an activating group) is 1. The Balaban J connectivity index is 2.12. The van der Waals surface area contributed by atoms with E-state index >= 15 is 0 Å². The lowest BCUT2D eigenvalue weighted by molar-refractivity contribution is -0.129. The molecular formula is C13H25N3O2. The first-order valence-electron chi connectivity index (χ1n) is 6.78. The largest absolute Gasteiger partial charge is 0.354 e. The van der Waals surface area contributed by atoms with Gasteiger partial charge in [-0.25, -0.2) is 0 Å². The maximum atomic E-state index is 11.6. The molecular weight excluding hydrogens is 230 g/mol. The summed E-state index contributed by atoms with van der Waals surface area (Å²) in [5.74, 6) is -0.339. The molecule has 0 bridgehead atoms. The number of hydrogen-bond donors (Lipinski definition) is 2. The van der Waals surface area contributed by atoms with Gasteiger partial charge in [0.25, 0.3) is 0 Å². The van der Waals surface area contributed by atoms with Crippen molar-refractivity contribution in [3.05, 3.63) is 0 Å². The molecule has 0 radical (unpaired) electrons. The lowest BCUT2D eigenvalue weighted by Crippen LogP contribution is -2.40. The van der Waals surface area contributed by atoms with Gasteiger partial charge in [0.05, 0.1) is 0 Å². The molecule has 0 aromatic heterocycles.